The zero-order valence-electron chi connectivity index (χ0n) is 12.9. The van der Waals surface area contributed by atoms with Gasteiger partial charge in [0.05, 0.1) is 26.3 Å². The van der Waals surface area contributed by atoms with E-state index in [0.717, 1.165) is 5.92 Å². The van der Waals surface area contributed by atoms with Crippen LogP contribution in [0, 0.1) is 17.8 Å². The number of esters is 1. The van der Waals surface area contributed by atoms with Gasteiger partial charge in [0.1, 0.15) is 0 Å². The SMILES string of the molecule is CCCC1CCC(C2COC(OC(=O)CCF)OC2)CC1. The van der Waals surface area contributed by atoms with Crippen LogP contribution in [0.1, 0.15) is 51.9 Å². The monoisotopic (exact) mass is 302 g/mol. The average Bonchev–Trinajstić information content (AvgIpc) is 2.49. The van der Waals surface area contributed by atoms with E-state index in [1.807, 2.05) is 0 Å². The second-order valence-corrected chi connectivity index (χ2v) is 6.21. The molecular weight excluding hydrogens is 275 g/mol. The summed E-state index contributed by atoms with van der Waals surface area (Å²) in [6.07, 6.45) is 7.48. The second-order valence-electron chi connectivity index (χ2n) is 6.21. The molecule has 0 amide bonds. The lowest BCUT2D eigenvalue weighted by Crippen LogP contribution is -2.39. The van der Waals surface area contributed by atoms with Crippen LogP contribution >= 0.6 is 0 Å². The summed E-state index contributed by atoms with van der Waals surface area (Å²) in [7, 11) is 0. The zero-order chi connectivity index (χ0) is 15.1. The van der Waals surface area contributed by atoms with Crippen molar-refractivity contribution < 1.29 is 23.4 Å². The summed E-state index contributed by atoms with van der Waals surface area (Å²) >= 11 is 0. The Balaban J connectivity index is 1.66. The maximum Gasteiger partial charge on any atom is 0.318 e. The predicted octanol–water partition coefficient (Wildman–Crippen LogP) is 3.44. The number of ether oxygens (including phenoxy) is 3. The number of rotatable bonds is 6. The highest BCUT2D eigenvalue weighted by atomic mass is 19.1. The number of alkyl halides is 1. The molecule has 1 heterocycles. The first kappa shape index (κ1) is 16.7. The summed E-state index contributed by atoms with van der Waals surface area (Å²) in [5.74, 6) is 1.33. The smallest absolute Gasteiger partial charge is 0.318 e. The van der Waals surface area contributed by atoms with Crippen LogP contribution < -0.4 is 0 Å². The van der Waals surface area contributed by atoms with Crippen molar-refractivity contribution in [3.05, 3.63) is 0 Å². The lowest BCUT2D eigenvalue weighted by atomic mass is 9.75. The van der Waals surface area contributed by atoms with Gasteiger partial charge in [-0.3, -0.25) is 9.18 Å². The summed E-state index contributed by atoms with van der Waals surface area (Å²) in [5, 5.41) is 0. The molecule has 0 spiro atoms. The van der Waals surface area contributed by atoms with E-state index in [1.54, 1.807) is 0 Å². The fraction of sp³-hybridized carbons (Fsp3) is 0.938. The molecule has 0 radical (unpaired) electrons. The number of hydrogen-bond acceptors (Lipinski definition) is 4. The number of hydrogen-bond donors (Lipinski definition) is 0. The minimum absolute atomic E-state index is 0.242. The van der Waals surface area contributed by atoms with Crippen molar-refractivity contribution in [3.63, 3.8) is 0 Å². The van der Waals surface area contributed by atoms with Crippen molar-refractivity contribution in [1.29, 1.82) is 0 Å². The molecule has 122 valence electrons. The molecule has 0 N–H and O–H groups in total. The third kappa shape index (κ3) is 5.22. The van der Waals surface area contributed by atoms with E-state index in [2.05, 4.69) is 6.92 Å². The Hall–Kier alpha value is -0.680. The van der Waals surface area contributed by atoms with Crippen LogP contribution in [0.4, 0.5) is 4.39 Å². The first-order chi connectivity index (χ1) is 10.2. The zero-order valence-corrected chi connectivity index (χ0v) is 12.9. The van der Waals surface area contributed by atoms with E-state index in [0.29, 0.717) is 25.0 Å². The van der Waals surface area contributed by atoms with Crippen molar-refractivity contribution in [2.75, 3.05) is 19.9 Å². The normalized spacial score (nSPS) is 33.6. The van der Waals surface area contributed by atoms with Crippen LogP contribution in [-0.4, -0.2) is 32.3 Å². The van der Waals surface area contributed by atoms with Gasteiger partial charge in [-0.1, -0.05) is 32.6 Å². The summed E-state index contributed by atoms with van der Waals surface area (Å²) in [5.41, 5.74) is 0. The lowest BCUT2D eigenvalue weighted by molar-refractivity contribution is -0.313. The Morgan fingerprint density at radius 1 is 1.14 bits per heavy atom. The van der Waals surface area contributed by atoms with Crippen molar-refractivity contribution in [2.24, 2.45) is 17.8 Å². The highest BCUT2D eigenvalue weighted by Gasteiger charge is 2.32. The summed E-state index contributed by atoms with van der Waals surface area (Å²) in [6.45, 7) is 1.72. The van der Waals surface area contributed by atoms with Crippen LogP contribution in [-0.2, 0) is 19.0 Å². The van der Waals surface area contributed by atoms with Gasteiger partial charge in [-0.05, 0) is 24.7 Å². The first-order valence-electron chi connectivity index (χ1n) is 8.21. The molecule has 0 aromatic rings. The fourth-order valence-electron chi connectivity index (χ4n) is 3.44. The highest BCUT2D eigenvalue weighted by molar-refractivity contribution is 5.69. The van der Waals surface area contributed by atoms with Crippen molar-refractivity contribution in [2.45, 2.75) is 58.3 Å². The molecule has 0 atom stereocenters. The third-order valence-electron chi connectivity index (χ3n) is 4.67. The summed E-state index contributed by atoms with van der Waals surface area (Å²) in [6, 6.07) is 0. The van der Waals surface area contributed by atoms with Gasteiger partial charge in [0.15, 0.2) is 0 Å². The molecule has 2 rings (SSSR count). The Morgan fingerprint density at radius 3 is 2.38 bits per heavy atom. The molecule has 1 aliphatic carbocycles. The van der Waals surface area contributed by atoms with Crippen molar-refractivity contribution in [1.82, 2.24) is 0 Å². The van der Waals surface area contributed by atoms with Crippen molar-refractivity contribution in [3.8, 4) is 0 Å². The van der Waals surface area contributed by atoms with Gasteiger partial charge in [0.2, 0.25) is 0 Å². The minimum Gasteiger partial charge on any atom is -0.410 e. The third-order valence-corrected chi connectivity index (χ3v) is 4.67. The molecule has 1 aliphatic heterocycles. The van der Waals surface area contributed by atoms with Gasteiger partial charge >= 0.3 is 12.4 Å². The molecule has 2 fully saturated rings. The molecule has 0 aromatic heterocycles. The van der Waals surface area contributed by atoms with E-state index in [1.165, 1.54) is 38.5 Å². The molecule has 1 saturated heterocycles. The number of carbonyl (C=O) groups is 1. The van der Waals surface area contributed by atoms with Crippen LogP contribution in [0.2, 0.25) is 0 Å². The Labute approximate surface area is 126 Å². The molecule has 21 heavy (non-hydrogen) atoms. The van der Waals surface area contributed by atoms with Crippen LogP contribution in [0.5, 0.6) is 0 Å². The Kier molecular flexibility index (Phi) is 6.90. The second kappa shape index (κ2) is 8.69. The number of halogens is 1. The maximum absolute atomic E-state index is 12.0. The molecule has 2 aliphatic rings. The van der Waals surface area contributed by atoms with Crippen LogP contribution in [0.25, 0.3) is 0 Å². The quantitative estimate of drug-likeness (QED) is 0.705. The van der Waals surface area contributed by atoms with E-state index >= 15 is 0 Å². The standard InChI is InChI=1S/C16H27FO4/c1-2-3-12-4-6-13(7-5-12)14-10-19-16(20-11-14)21-15(18)8-9-17/h12-14,16H,2-11H2,1H3. The highest BCUT2D eigenvalue weighted by Crippen LogP contribution is 2.36. The first-order valence-corrected chi connectivity index (χ1v) is 8.21. The topological polar surface area (TPSA) is 44.8 Å². The predicted molar refractivity (Wildman–Crippen MR) is 76.2 cm³/mol. The van der Waals surface area contributed by atoms with Crippen LogP contribution in [0.3, 0.4) is 0 Å². The van der Waals surface area contributed by atoms with Gasteiger partial charge in [0, 0.05) is 5.92 Å². The molecule has 5 heteroatoms. The van der Waals surface area contributed by atoms with Gasteiger partial charge < -0.3 is 14.2 Å². The summed E-state index contributed by atoms with van der Waals surface area (Å²) < 4.78 is 27.8. The van der Waals surface area contributed by atoms with Gasteiger partial charge in [-0.25, -0.2) is 0 Å². The van der Waals surface area contributed by atoms with E-state index in [-0.39, 0.29) is 6.42 Å². The molecule has 4 nitrogen and oxygen atoms in total. The summed E-state index contributed by atoms with van der Waals surface area (Å²) in [4.78, 5) is 11.2. The van der Waals surface area contributed by atoms with E-state index in [9.17, 15) is 9.18 Å². The van der Waals surface area contributed by atoms with E-state index < -0.39 is 19.1 Å². The maximum atomic E-state index is 12.0. The van der Waals surface area contributed by atoms with Crippen molar-refractivity contribution >= 4 is 5.97 Å². The van der Waals surface area contributed by atoms with Gasteiger partial charge in [0.25, 0.3) is 0 Å². The van der Waals surface area contributed by atoms with E-state index in [4.69, 9.17) is 14.2 Å². The average molecular weight is 302 g/mol. The van der Waals surface area contributed by atoms with Gasteiger partial charge in [-0.15, -0.1) is 0 Å². The van der Waals surface area contributed by atoms with Gasteiger partial charge in [-0.2, -0.15) is 0 Å². The molecule has 0 aromatic carbocycles. The molecular formula is C16H27FO4. The lowest BCUT2D eigenvalue weighted by Gasteiger charge is -2.37. The Morgan fingerprint density at radius 2 is 1.81 bits per heavy atom. The molecule has 0 unspecified atom stereocenters. The minimum atomic E-state index is -0.947. The molecule has 1 saturated carbocycles. The Bertz CT molecular complexity index is 307. The number of carbonyl (C=O) groups excluding carboxylic acids is 1. The molecule has 0 bridgehead atoms. The van der Waals surface area contributed by atoms with Crippen LogP contribution in [0.15, 0.2) is 0 Å². The fourth-order valence-corrected chi connectivity index (χ4v) is 3.44. The largest absolute Gasteiger partial charge is 0.410 e.